The van der Waals surface area contributed by atoms with Crippen LogP contribution in [0.3, 0.4) is 0 Å². The number of rotatable bonds is 17. The fourth-order valence-corrected chi connectivity index (χ4v) is 2.98. The zero-order chi connectivity index (χ0) is 19.7. The molecule has 0 aliphatic heterocycles. The maximum absolute atomic E-state index is 11.0. The number of halogens is 1. The molecule has 0 aliphatic rings. The first-order valence-electron chi connectivity index (χ1n) is 9.96. The van der Waals surface area contributed by atoms with E-state index >= 15 is 0 Å². The van der Waals surface area contributed by atoms with Crippen molar-refractivity contribution in [1.29, 1.82) is 0 Å². The number of benzene rings is 1. The fraction of sp³-hybridized carbons (Fsp3) is 0.667. The van der Waals surface area contributed by atoms with Crippen LogP contribution < -0.4 is 4.74 Å². The van der Waals surface area contributed by atoms with Crippen LogP contribution in [-0.2, 0) is 9.47 Å². The van der Waals surface area contributed by atoms with Crippen LogP contribution in [0.1, 0.15) is 68.6 Å². The molecule has 0 amide bonds. The minimum Gasteiger partial charge on any atom is -0.490 e. The third-order valence-electron chi connectivity index (χ3n) is 4.18. The zero-order valence-corrected chi connectivity index (χ0v) is 18.0. The molecule has 1 N–H and O–H groups in total. The lowest BCUT2D eigenvalue weighted by molar-refractivity contribution is 0.0351. The molecule has 1 aromatic rings. The van der Waals surface area contributed by atoms with Crippen molar-refractivity contribution in [2.24, 2.45) is 0 Å². The average Bonchev–Trinajstić information content (AvgIpc) is 2.66. The highest BCUT2D eigenvalue weighted by atomic mass is 79.9. The van der Waals surface area contributed by atoms with Crippen LogP contribution in [-0.4, -0.2) is 44.1 Å². The number of carbonyl (C=O) groups is 1. The highest BCUT2D eigenvalue weighted by Crippen LogP contribution is 2.26. The summed E-state index contributed by atoms with van der Waals surface area (Å²) in [7, 11) is 0. The van der Waals surface area contributed by atoms with Crippen LogP contribution in [0.4, 0.5) is 0 Å². The molecule has 0 aliphatic carbocycles. The van der Waals surface area contributed by atoms with Gasteiger partial charge < -0.3 is 19.3 Å². The van der Waals surface area contributed by atoms with Gasteiger partial charge in [0.15, 0.2) is 0 Å². The van der Waals surface area contributed by atoms with Crippen LogP contribution in [0.25, 0.3) is 0 Å². The van der Waals surface area contributed by atoms with Crippen molar-refractivity contribution in [3.63, 3.8) is 0 Å². The predicted octanol–water partition coefficient (Wildman–Crippen LogP) is 5.70. The molecule has 1 rings (SSSR count). The minimum atomic E-state index is -0.975. The van der Waals surface area contributed by atoms with E-state index in [9.17, 15) is 4.79 Å². The quantitative estimate of drug-likeness (QED) is 0.312. The molecule has 0 fully saturated rings. The second-order valence-electron chi connectivity index (χ2n) is 6.50. The lowest BCUT2D eigenvalue weighted by atomic mass is 10.1. The Kier molecular flexibility index (Phi) is 14.1. The summed E-state index contributed by atoms with van der Waals surface area (Å²) in [6.07, 6.45) is 10.4. The molecular weight excluding hydrogens is 412 g/mol. The molecule has 0 spiro atoms. The highest BCUT2D eigenvalue weighted by molar-refractivity contribution is 9.10. The summed E-state index contributed by atoms with van der Waals surface area (Å²) in [5.41, 5.74) is 0.198. The van der Waals surface area contributed by atoms with Crippen molar-refractivity contribution in [2.45, 2.75) is 58.3 Å². The van der Waals surface area contributed by atoms with Gasteiger partial charge in [-0.1, -0.05) is 51.9 Å². The van der Waals surface area contributed by atoms with E-state index in [1.54, 1.807) is 6.07 Å². The van der Waals surface area contributed by atoms with Crippen molar-refractivity contribution in [2.75, 3.05) is 33.0 Å². The van der Waals surface area contributed by atoms with Crippen LogP contribution in [0.5, 0.6) is 5.75 Å². The zero-order valence-electron chi connectivity index (χ0n) is 16.4. The Hall–Kier alpha value is -1.11. The minimum absolute atomic E-state index is 0.198. The van der Waals surface area contributed by atoms with Gasteiger partial charge in [-0.15, -0.1) is 0 Å². The number of unbranched alkanes of at least 4 members (excludes halogenated alkanes) is 7. The van der Waals surface area contributed by atoms with E-state index in [0.717, 1.165) is 17.5 Å². The van der Waals surface area contributed by atoms with Gasteiger partial charge in [-0.25, -0.2) is 4.79 Å². The fourth-order valence-electron chi connectivity index (χ4n) is 2.62. The number of carboxylic acids is 1. The second kappa shape index (κ2) is 15.9. The predicted molar refractivity (Wildman–Crippen MR) is 111 cm³/mol. The molecule has 0 radical (unpaired) electrons. The van der Waals surface area contributed by atoms with Crippen molar-refractivity contribution in [3.8, 4) is 5.75 Å². The van der Waals surface area contributed by atoms with Crippen LogP contribution in [0.2, 0.25) is 0 Å². The summed E-state index contributed by atoms with van der Waals surface area (Å²) in [6.45, 7) is 4.97. The molecule has 0 heterocycles. The van der Waals surface area contributed by atoms with E-state index < -0.39 is 5.97 Å². The number of carboxylic acid groups (broad SMARTS) is 1. The molecule has 0 saturated carbocycles. The maximum atomic E-state index is 11.0. The van der Waals surface area contributed by atoms with Crippen LogP contribution >= 0.6 is 15.9 Å². The smallest absolute Gasteiger partial charge is 0.335 e. The van der Waals surface area contributed by atoms with Crippen LogP contribution in [0, 0.1) is 0 Å². The van der Waals surface area contributed by atoms with Gasteiger partial charge in [0.2, 0.25) is 0 Å². The standard InChI is InChI=1S/C21H33BrO5/c1-2-3-4-5-6-7-8-9-12-25-13-14-26-15-16-27-20-17-18(21(23)24)10-11-19(20)22/h10-11,17H,2-9,12-16H2,1H3,(H,23,24). The summed E-state index contributed by atoms with van der Waals surface area (Å²) < 4.78 is 17.3. The van der Waals surface area contributed by atoms with E-state index in [1.807, 2.05) is 0 Å². The second-order valence-corrected chi connectivity index (χ2v) is 7.35. The molecule has 0 saturated heterocycles. The van der Waals surface area contributed by atoms with E-state index in [2.05, 4.69) is 22.9 Å². The Labute approximate surface area is 171 Å². The summed E-state index contributed by atoms with van der Waals surface area (Å²) >= 11 is 3.35. The molecule has 0 bridgehead atoms. The van der Waals surface area contributed by atoms with Crippen molar-refractivity contribution < 1.29 is 24.1 Å². The van der Waals surface area contributed by atoms with Gasteiger partial charge >= 0.3 is 5.97 Å². The Morgan fingerprint density at radius 2 is 1.48 bits per heavy atom. The topological polar surface area (TPSA) is 65.0 Å². The molecule has 0 unspecified atom stereocenters. The monoisotopic (exact) mass is 444 g/mol. The SMILES string of the molecule is CCCCCCCCCCOCCOCCOc1cc(C(=O)O)ccc1Br. The van der Waals surface area contributed by atoms with Gasteiger partial charge in [-0.05, 0) is 40.5 Å². The highest BCUT2D eigenvalue weighted by Gasteiger charge is 2.07. The van der Waals surface area contributed by atoms with Gasteiger partial charge in [0.25, 0.3) is 0 Å². The van der Waals surface area contributed by atoms with Crippen molar-refractivity contribution >= 4 is 21.9 Å². The molecule has 0 aromatic heterocycles. The van der Waals surface area contributed by atoms with E-state index in [1.165, 1.54) is 57.1 Å². The Morgan fingerprint density at radius 1 is 0.889 bits per heavy atom. The van der Waals surface area contributed by atoms with Gasteiger partial charge in [-0.3, -0.25) is 0 Å². The Bertz CT molecular complexity index is 521. The van der Waals surface area contributed by atoms with E-state index in [4.69, 9.17) is 19.3 Å². The molecule has 1 aromatic carbocycles. The lowest BCUT2D eigenvalue weighted by Crippen LogP contribution is -2.11. The average molecular weight is 445 g/mol. The van der Waals surface area contributed by atoms with Crippen molar-refractivity contribution in [1.82, 2.24) is 0 Å². The molecule has 6 heteroatoms. The summed E-state index contributed by atoms with van der Waals surface area (Å²) in [4.78, 5) is 11.0. The summed E-state index contributed by atoms with van der Waals surface area (Å²) in [5, 5.41) is 8.99. The molecular formula is C21H33BrO5. The summed E-state index contributed by atoms with van der Waals surface area (Å²) in [6, 6.07) is 4.69. The normalized spacial score (nSPS) is 10.9. The first-order chi connectivity index (χ1) is 13.1. The van der Waals surface area contributed by atoms with Gasteiger partial charge in [0.05, 0.1) is 29.9 Å². The van der Waals surface area contributed by atoms with Crippen LogP contribution in [0.15, 0.2) is 22.7 Å². The molecule has 0 atom stereocenters. The maximum Gasteiger partial charge on any atom is 0.335 e. The summed E-state index contributed by atoms with van der Waals surface area (Å²) in [5.74, 6) is -0.471. The number of hydrogen-bond donors (Lipinski definition) is 1. The first-order valence-corrected chi connectivity index (χ1v) is 10.8. The number of ether oxygens (including phenoxy) is 3. The number of hydrogen-bond acceptors (Lipinski definition) is 4. The third-order valence-corrected chi connectivity index (χ3v) is 4.83. The van der Waals surface area contributed by atoms with E-state index in [-0.39, 0.29) is 5.56 Å². The first kappa shape index (κ1) is 23.9. The Balaban J connectivity index is 1.92. The van der Waals surface area contributed by atoms with E-state index in [0.29, 0.717) is 32.2 Å². The number of aromatic carboxylic acids is 1. The van der Waals surface area contributed by atoms with Crippen molar-refractivity contribution in [3.05, 3.63) is 28.2 Å². The van der Waals surface area contributed by atoms with Gasteiger partial charge in [0.1, 0.15) is 12.4 Å². The lowest BCUT2D eigenvalue weighted by Gasteiger charge is -2.10. The third kappa shape index (κ3) is 12.1. The molecule has 154 valence electrons. The molecule has 27 heavy (non-hydrogen) atoms. The molecule has 5 nitrogen and oxygen atoms in total. The Morgan fingerprint density at radius 3 is 2.15 bits per heavy atom. The van der Waals surface area contributed by atoms with Gasteiger partial charge in [-0.2, -0.15) is 0 Å². The largest absolute Gasteiger partial charge is 0.490 e. The van der Waals surface area contributed by atoms with Gasteiger partial charge in [0, 0.05) is 6.61 Å².